The van der Waals surface area contributed by atoms with Crippen molar-refractivity contribution in [2.75, 3.05) is 13.1 Å². The number of amides is 1. The summed E-state index contributed by atoms with van der Waals surface area (Å²) in [6.07, 6.45) is 1.54. The summed E-state index contributed by atoms with van der Waals surface area (Å²) in [4.78, 5) is 9.53. The summed E-state index contributed by atoms with van der Waals surface area (Å²) in [5, 5.41) is 11.0. The minimum atomic E-state index is -0.500. The average molecular weight is 176 g/mol. The lowest BCUT2D eigenvalue weighted by Crippen LogP contribution is -2.15. The Morgan fingerprint density at radius 1 is 1.50 bits per heavy atom. The van der Waals surface area contributed by atoms with E-state index in [2.05, 4.69) is 5.32 Å². The van der Waals surface area contributed by atoms with Crippen LogP contribution in [-0.2, 0) is 4.79 Å². The summed E-state index contributed by atoms with van der Waals surface area (Å²) in [6.45, 7) is 6.56. The van der Waals surface area contributed by atoms with E-state index < -0.39 is 5.60 Å². The Balaban J connectivity index is 0. The van der Waals surface area contributed by atoms with Crippen LogP contribution in [0.2, 0.25) is 0 Å². The first kappa shape index (κ1) is 13.9. The van der Waals surface area contributed by atoms with Gasteiger partial charge in [-0.25, -0.2) is 0 Å². The van der Waals surface area contributed by atoms with Gasteiger partial charge in [0.1, 0.15) is 0 Å². The molecule has 0 fully saturated rings. The number of rotatable bonds is 4. The number of hydrogen-bond donors (Lipinski definition) is 3. The van der Waals surface area contributed by atoms with Gasteiger partial charge in [0.15, 0.2) is 0 Å². The summed E-state index contributed by atoms with van der Waals surface area (Å²) in [5.74, 6) is 0. The Morgan fingerprint density at radius 3 is 2.17 bits per heavy atom. The molecule has 0 aliphatic heterocycles. The van der Waals surface area contributed by atoms with Crippen LogP contribution in [0.15, 0.2) is 0 Å². The Hall–Kier alpha value is -0.610. The largest absolute Gasteiger partial charge is 0.391 e. The molecule has 0 radical (unpaired) electrons. The first-order valence-electron chi connectivity index (χ1n) is 4.01. The van der Waals surface area contributed by atoms with Crippen molar-refractivity contribution in [3.63, 3.8) is 0 Å². The lowest BCUT2D eigenvalue weighted by Gasteiger charge is -2.04. The molecule has 0 aromatic rings. The van der Waals surface area contributed by atoms with Gasteiger partial charge in [-0.05, 0) is 33.7 Å². The zero-order valence-electron chi connectivity index (χ0n) is 8.13. The fourth-order valence-electron chi connectivity index (χ4n) is 0.263. The van der Waals surface area contributed by atoms with Crippen molar-refractivity contribution in [1.82, 2.24) is 5.32 Å². The zero-order valence-corrected chi connectivity index (χ0v) is 8.13. The molecule has 0 unspecified atom stereocenters. The third kappa shape index (κ3) is 57.5. The molecule has 0 atom stereocenters. The van der Waals surface area contributed by atoms with E-state index in [-0.39, 0.29) is 0 Å². The number of carbonyl (C=O) groups excluding carboxylic acids is 1. The van der Waals surface area contributed by atoms with Crippen LogP contribution in [0.5, 0.6) is 0 Å². The van der Waals surface area contributed by atoms with E-state index in [1.807, 2.05) is 0 Å². The van der Waals surface area contributed by atoms with Gasteiger partial charge < -0.3 is 16.2 Å². The number of nitrogens with one attached hydrogen (secondary N) is 1. The van der Waals surface area contributed by atoms with Crippen LogP contribution in [0, 0.1) is 0 Å². The topological polar surface area (TPSA) is 75.3 Å². The number of carbonyl (C=O) groups is 1. The molecule has 12 heavy (non-hydrogen) atoms. The molecular weight excluding hydrogens is 156 g/mol. The molecular formula is C8H20N2O2. The molecule has 0 aromatic carbocycles. The Morgan fingerprint density at radius 2 is 1.92 bits per heavy atom. The summed E-state index contributed by atoms with van der Waals surface area (Å²) < 4.78 is 0. The van der Waals surface area contributed by atoms with E-state index in [0.29, 0.717) is 19.5 Å². The van der Waals surface area contributed by atoms with Crippen molar-refractivity contribution < 1.29 is 9.90 Å². The maximum absolute atomic E-state index is 9.53. The highest BCUT2D eigenvalue weighted by Crippen LogP contribution is 1.93. The number of hydrogen-bond acceptors (Lipinski definition) is 3. The van der Waals surface area contributed by atoms with Gasteiger partial charge in [0.25, 0.3) is 0 Å². The Kier molecular flexibility index (Phi) is 9.86. The third-order valence-electron chi connectivity index (χ3n) is 0.609. The fourth-order valence-corrected chi connectivity index (χ4v) is 0.263. The normalized spacial score (nSPS) is 9.75. The molecule has 0 aliphatic carbocycles. The number of nitrogens with two attached hydrogens (primary N) is 1. The predicted molar refractivity (Wildman–Crippen MR) is 49.7 cm³/mol. The van der Waals surface area contributed by atoms with E-state index in [9.17, 15) is 4.79 Å². The zero-order chi connectivity index (χ0) is 10.0. The lowest BCUT2D eigenvalue weighted by atomic mass is 10.2. The van der Waals surface area contributed by atoms with Gasteiger partial charge in [-0.15, -0.1) is 0 Å². The van der Waals surface area contributed by atoms with Gasteiger partial charge in [-0.2, -0.15) is 0 Å². The van der Waals surface area contributed by atoms with Gasteiger partial charge in [0.2, 0.25) is 6.41 Å². The van der Waals surface area contributed by atoms with Crippen LogP contribution in [0.3, 0.4) is 0 Å². The molecule has 4 nitrogen and oxygen atoms in total. The lowest BCUT2D eigenvalue weighted by molar-refractivity contribution is -0.109. The molecule has 0 bridgehead atoms. The van der Waals surface area contributed by atoms with Gasteiger partial charge in [0, 0.05) is 6.54 Å². The van der Waals surface area contributed by atoms with E-state index in [0.717, 1.165) is 6.42 Å². The van der Waals surface area contributed by atoms with Crippen LogP contribution in [-0.4, -0.2) is 30.2 Å². The van der Waals surface area contributed by atoms with Crippen LogP contribution in [0.4, 0.5) is 0 Å². The van der Waals surface area contributed by atoms with Gasteiger partial charge >= 0.3 is 0 Å². The van der Waals surface area contributed by atoms with Crippen LogP contribution in [0.1, 0.15) is 27.2 Å². The SMILES string of the molecule is CC(C)(C)O.NCCCNC=O. The van der Waals surface area contributed by atoms with Crippen LogP contribution in [0.25, 0.3) is 0 Å². The third-order valence-corrected chi connectivity index (χ3v) is 0.609. The van der Waals surface area contributed by atoms with E-state index >= 15 is 0 Å². The number of aliphatic hydroxyl groups is 1. The molecule has 0 saturated heterocycles. The molecule has 0 spiro atoms. The second kappa shape index (κ2) is 8.49. The molecule has 1 amide bonds. The van der Waals surface area contributed by atoms with Crippen molar-refractivity contribution in [1.29, 1.82) is 0 Å². The molecule has 0 rings (SSSR count). The molecule has 4 heteroatoms. The fraction of sp³-hybridized carbons (Fsp3) is 0.875. The second-order valence-corrected chi connectivity index (χ2v) is 3.39. The van der Waals surface area contributed by atoms with E-state index in [4.69, 9.17) is 10.8 Å². The van der Waals surface area contributed by atoms with Crippen molar-refractivity contribution in [3.05, 3.63) is 0 Å². The predicted octanol–water partition coefficient (Wildman–Crippen LogP) is -0.142. The summed E-state index contributed by atoms with van der Waals surface area (Å²) in [6, 6.07) is 0. The van der Waals surface area contributed by atoms with Crippen molar-refractivity contribution in [2.45, 2.75) is 32.8 Å². The minimum absolute atomic E-state index is 0.500. The van der Waals surface area contributed by atoms with Crippen molar-refractivity contribution in [3.8, 4) is 0 Å². The highest BCUT2D eigenvalue weighted by atomic mass is 16.3. The molecule has 0 aromatic heterocycles. The second-order valence-electron chi connectivity index (χ2n) is 3.39. The minimum Gasteiger partial charge on any atom is -0.391 e. The van der Waals surface area contributed by atoms with Crippen molar-refractivity contribution >= 4 is 6.41 Å². The highest BCUT2D eigenvalue weighted by Gasteiger charge is 1.97. The molecule has 0 heterocycles. The quantitative estimate of drug-likeness (QED) is 0.412. The van der Waals surface area contributed by atoms with Gasteiger partial charge in [-0.3, -0.25) is 4.79 Å². The highest BCUT2D eigenvalue weighted by molar-refractivity contribution is 5.45. The smallest absolute Gasteiger partial charge is 0.207 e. The van der Waals surface area contributed by atoms with Crippen molar-refractivity contribution in [2.24, 2.45) is 5.73 Å². The molecule has 4 N–H and O–H groups in total. The Labute approximate surface area is 74.1 Å². The van der Waals surface area contributed by atoms with E-state index in [1.54, 1.807) is 20.8 Å². The van der Waals surface area contributed by atoms with Crippen LogP contribution < -0.4 is 11.1 Å². The molecule has 0 aliphatic rings. The summed E-state index contributed by atoms with van der Waals surface area (Å²) >= 11 is 0. The standard InChI is InChI=1S/C4H10N2O.C4H10O/c5-2-1-3-6-4-7;1-4(2,3)5/h4H,1-3,5H2,(H,6,7);5H,1-3H3. The monoisotopic (exact) mass is 176 g/mol. The summed E-state index contributed by atoms with van der Waals surface area (Å²) in [7, 11) is 0. The Bertz CT molecular complexity index is 93.7. The molecule has 74 valence electrons. The first-order chi connectivity index (χ1) is 5.41. The van der Waals surface area contributed by atoms with Crippen LogP contribution >= 0.6 is 0 Å². The van der Waals surface area contributed by atoms with Gasteiger partial charge in [0.05, 0.1) is 5.60 Å². The average Bonchev–Trinajstić information content (AvgIpc) is 1.85. The summed E-state index contributed by atoms with van der Waals surface area (Å²) in [5.41, 5.74) is 4.61. The maximum atomic E-state index is 9.53. The first-order valence-corrected chi connectivity index (χ1v) is 4.01. The maximum Gasteiger partial charge on any atom is 0.207 e. The van der Waals surface area contributed by atoms with Gasteiger partial charge in [-0.1, -0.05) is 0 Å². The molecule has 0 saturated carbocycles. The van der Waals surface area contributed by atoms with E-state index in [1.165, 1.54) is 0 Å².